The third-order valence-corrected chi connectivity index (χ3v) is 3.07. The number of nitro groups is 1. The van der Waals surface area contributed by atoms with Crippen molar-refractivity contribution in [3.05, 3.63) is 34.4 Å². The minimum Gasteiger partial charge on any atom is -0.319 e. The zero-order valence-corrected chi connectivity index (χ0v) is 10.6. The van der Waals surface area contributed by atoms with E-state index < -0.39 is 4.92 Å². The second-order valence-corrected chi connectivity index (χ2v) is 4.48. The Balaban J connectivity index is 2.06. The lowest BCUT2D eigenvalue weighted by Crippen LogP contribution is -2.53. The number of hydrogen-bond acceptors (Lipinski definition) is 4. The number of nitrogens with one attached hydrogen (secondary N) is 2. The summed E-state index contributed by atoms with van der Waals surface area (Å²) in [7, 11) is 0. The molecule has 1 atom stereocenters. The first-order valence-corrected chi connectivity index (χ1v) is 6.10. The fourth-order valence-corrected chi connectivity index (χ4v) is 2.04. The van der Waals surface area contributed by atoms with E-state index >= 15 is 0 Å². The maximum Gasteiger partial charge on any atom is 0.322 e. The van der Waals surface area contributed by atoms with Crippen molar-refractivity contribution in [3.63, 3.8) is 0 Å². The minimum atomic E-state index is -0.483. The van der Waals surface area contributed by atoms with Gasteiger partial charge in [-0.1, -0.05) is 6.07 Å². The van der Waals surface area contributed by atoms with Gasteiger partial charge in [-0.3, -0.25) is 10.1 Å². The van der Waals surface area contributed by atoms with E-state index in [9.17, 15) is 14.9 Å². The van der Waals surface area contributed by atoms with Gasteiger partial charge in [0, 0.05) is 43.5 Å². The Morgan fingerprint density at radius 3 is 3.05 bits per heavy atom. The van der Waals surface area contributed by atoms with Crippen molar-refractivity contribution < 1.29 is 9.72 Å². The van der Waals surface area contributed by atoms with Gasteiger partial charge in [0.05, 0.1) is 4.92 Å². The van der Waals surface area contributed by atoms with E-state index in [1.54, 1.807) is 17.0 Å². The van der Waals surface area contributed by atoms with Crippen molar-refractivity contribution in [2.24, 2.45) is 0 Å². The lowest BCUT2D eigenvalue weighted by molar-refractivity contribution is -0.384. The lowest BCUT2D eigenvalue weighted by Gasteiger charge is -2.33. The standard InChI is InChI=1S/C12H16N4O3/c1-9-8-13-5-6-15(9)12(17)14-10-3-2-4-11(7-10)16(18)19/h2-4,7,9,13H,5-6,8H2,1H3,(H,14,17). The average Bonchev–Trinajstić information content (AvgIpc) is 2.39. The first-order valence-electron chi connectivity index (χ1n) is 6.10. The first kappa shape index (κ1) is 13.3. The molecule has 1 aliphatic heterocycles. The van der Waals surface area contributed by atoms with Gasteiger partial charge in [0.1, 0.15) is 0 Å². The molecule has 7 nitrogen and oxygen atoms in total. The van der Waals surface area contributed by atoms with Crippen LogP contribution in [0.25, 0.3) is 0 Å². The van der Waals surface area contributed by atoms with Crippen LogP contribution in [0.15, 0.2) is 24.3 Å². The van der Waals surface area contributed by atoms with E-state index in [2.05, 4.69) is 10.6 Å². The molecule has 0 aromatic heterocycles. The maximum absolute atomic E-state index is 12.1. The van der Waals surface area contributed by atoms with Gasteiger partial charge < -0.3 is 15.5 Å². The van der Waals surface area contributed by atoms with Gasteiger partial charge in [-0.25, -0.2) is 4.79 Å². The van der Waals surface area contributed by atoms with Crippen molar-refractivity contribution in [2.75, 3.05) is 25.0 Å². The molecule has 1 aromatic carbocycles. The molecule has 0 bridgehead atoms. The SMILES string of the molecule is CC1CNCCN1C(=O)Nc1cccc([N+](=O)[O-])c1. The molecule has 1 unspecified atom stereocenters. The highest BCUT2D eigenvalue weighted by atomic mass is 16.6. The van der Waals surface area contributed by atoms with E-state index in [1.807, 2.05) is 6.92 Å². The molecule has 1 aliphatic rings. The summed E-state index contributed by atoms with van der Waals surface area (Å²) in [6.45, 7) is 4.09. The Bertz CT molecular complexity index is 492. The molecule has 102 valence electrons. The molecule has 0 saturated carbocycles. The van der Waals surface area contributed by atoms with E-state index in [0.717, 1.165) is 13.1 Å². The summed E-state index contributed by atoms with van der Waals surface area (Å²) in [5.74, 6) is 0. The summed E-state index contributed by atoms with van der Waals surface area (Å²) in [6.07, 6.45) is 0. The molecule has 0 radical (unpaired) electrons. The first-order chi connectivity index (χ1) is 9.08. The number of rotatable bonds is 2. The second-order valence-electron chi connectivity index (χ2n) is 4.48. The zero-order chi connectivity index (χ0) is 13.8. The molecule has 1 heterocycles. The summed E-state index contributed by atoms with van der Waals surface area (Å²) in [5.41, 5.74) is 0.399. The van der Waals surface area contributed by atoms with Crippen molar-refractivity contribution in [1.82, 2.24) is 10.2 Å². The molecular weight excluding hydrogens is 248 g/mol. The predicted octanol–water partition coefficient (Wildman–Crippen LogP) is 1.42. The highest BCUT2D eigenvalue weighted by Crippen LogP contribution is 2.17. The third kappa shape index (κ3) is 3.19. The highest BCUT2D eigenvalue weighted by molar-refractivity contribution is 5.90. The normalized spacial score (nSPS) is 19.0. The van der Waals surface area contributed by atoms with Crippen LogP contribution in [0.1, 0.15) is 6.92 Å². The number of carbonyl (C=O) groups excluding carboxylic acids is 1. The fraction of sp³-hybridized carbons (Fsp3) is 0.417. The van der Waals surface area contributed by atoms with Crippen molar-refractivity contribution in [3.8, 4) is 0 Å². The number of amides is 2. The van der Waals surface area contributed by atoms with Crippen molar-refractivity contribution in [1.29, 1.82) is 0 Å². The van der Waals surface area contributed by atoms with Crippen LogP contribution in [-0.4, -0.2) is 41.5 Å². The van der Waals surface area contributed by atoms with E-state index in [0.29, 0.717) is 12.2 Å². The number of carbonyl (C=O) groups is 1. The summed E-state index contributed by atoms with van der Waals surface area (Å²) in [6, 6.07) is 5.81. The van der Waals surface area contributed by atoms with Crippen LogP contribution in [0.2, 0.25) is 0 Å². The van der Waals surface area contributed by atoms with Crippen molar-refractivity contribution in [2.45, 2.75) is 13.0 Å². The molecule has 2 rings (SSSR count). The number of benzene rings is 1. The Morgan fingerprint density at radius 1 is 1.58 bits per heavy atom. The number of piperazine rings is 1. The quantitative estimate of drug-likeness (QED) is 0.624. The molecule has 2 amide bonds. The molecule has 7 heteroatoms. The molecular formula is C12H16N4O3. The van der Waals surface area contributed by atoms with Crippen LogP contribution in [-0.2, 0) is 0 Å². The van der Waals surface area contributed by atoms with Crippen LogP contribution < -0.4 is 10.6 Å². The van der Waals surface area contributed by atoms with Gasteiger partial charge >= 0.3 is 6.03 Å². The Kier molecular flexibility index (Phi) is 3.96. The number of urea groups is 1. The lowest BCUT2D eigenvalue weighted by atomic mass is 10.2. The summed E-state index contributed by atoms with van der Waals surface area (Å²) in [4.78, 5) is 24.0. The van der Waals surface area contributed by atoms with E-state index in [-0.39, 0.29) is 17.8 Å². The van der Waals surface area contributed by atoms with Crippen LogP contribution in [0, 0.1) is 10.1 Å². The van der Waals surface area contributed by atoms with Gasteiger partial charge in [-0.05, 0) is 13.0 Å². The average molecular weight is 264 g/mol. The molecule has 1 saturated heterocycles. The van der Waals surface area contributed by atoms with Crippen LogP contribution >= 0.6 is 0 Å². The molecule has 1 aromatic rings. The summed E-state index contributed by atoms with van der Waals surface area (Å²) in [5, 5.41) is 16.6. The van der Waals surface area contributed by atoms with Gasteiger partial charge in [0.2, 0.25) is 0 Å². The maximum atomic E-state index is 12.1. The molecule has 0 spiro atoms. The highest BCUT2D eigenvalue weighted by Gasteiger charge is 2.23. The van der Waals surface area contributed by atoms with Gasteiger partial charge in [0.15, 0.2) is 0 Å². The zero-order valence-electron chi connectivity index (χ0n) is 10.6. The Hall–Kier alpha value is -2.15. The predicted molar refractivity (Wildman–Crippen MR) is 71.2 cm³/mol. The topological polar surface area (TPSA) is 87.5 Å². The monoisotopic (exact) mass is 264 g/mol. The summed E-state index contributed by atoms with van der Waals surface area (Å²) >= 11 is 0. The number of nitrogens with zero attached hydrogens (tertiary/aromatic N) is 2. The van der Waals surface area contributed by atoms with E-state index in [4.69, 9.17) is 0 Å². The second kappa shape index (κ2) is 5.66. The molecule has 2 N–H and O–H groups in total. The van der Waals surface area contributed by atoms with Crippen LogP contribution in [0.4, 0.5) is 16.2 Å². The van der Waals surface area contributed by atoms with Gasteiger partial charge in [-0.2, -0.15) is 0 Å². The molecule has 1 fully saturated rings. The number of hydrogen-bond donors (Lipinski definition) is 2. The van der Waals surface area contributed by atoms with Crippen molar-refractivity contribution >= 4 is 17.4 Å². The number of anilines is 1. The van der Waals surface area contributed by atoms with E-state index in [1.165, 1.54) is 12.1 Å². The minimum absolute atomic E-state index is 0.0360. The third-order valence-electron chi connectivity index (χ3n) is 3.07. The van der Waals surface area contributed by atoms with Gasteiger partial charge in [0.25, 0.3) is 5.69 Å². The molecule has 0 aliphatic carbocycles. The fourth-order valence-electron chi connectivity index (χ4n) is 2.04. The number of non-ortho nitro benzene ring substituents is 1. The largest absolute Gasteiger partial charge is 0.322 e. The Morgan fingerprint density at radius 2 is 2.37 bits per heavy atom. The van der Waals surface area contributed by atoms with Crippen LogP contribution in [0.3, 0.4) is 0 Å². The summed E-state index contributed by atoms with van der Waals surface area (Å²) < 4.78 is 0. The van der Waals surface area contributed by atoms with Crippen LogP contribution in [0.5, 0.6) is 0 Å². The molecule has 19 heavy (non-hydrogen) atoms. The number of nitro benzene ring substituents is 1. The Labute approximate surface area is 110 Å². The van der Waals surface area contributed by atoms with Gasteiger partial charge in [-0.15, -0.1) is 0 Å². The smallest absolute Gasteiger partial charge is 0.319 e.